The van der Waals surface area contributed by atoms with Gasteiger partial charge in [-0.1, -0.05) is 0 Å². The summed E-state index contributed by atoms with van der Waals surface area (Å²) in [7, 11) is 1.62. The van der Waals surface area contributed by atoms with Crippen molar-refractivity contribution in [1.82, 2.24) is 0 Å². The first kappa shape index (κ1) is 10.8. The quantitative estimate of drug-likeness (QED) is 0.630. The molecule has 1 aromatic carbocycles. The van der Waals surface area contributed by atoms with Crippen LogP contribution in [-0.4, -0.2) is 13.9 Å². The van der Waals surface area contributed by atoms with Crippen molar-refractivity contribution in [3.05, 3.63) is 26.8 Å². The second kappa shape index (κ2) is 4.81. The molecule has 0 amide bonds. The van der Waals surface area contributed by atoms with Crippen LogP contribution < -0.4 is 4.74 Å². The van der Waals surface area contributed by atoms with E-state index in [1.165, 1.54) is 3.57 Å². The molecular weight excluding hydrogens is 279 g/mol. The minimum absolute atomic E-state index is 0.308. The Bertz CT molecular complexity index is 274. The van der Waals surface area contributed by atoms with Crippen LogP contribution in [0.2, 0.25) is 0 Å². The van der Waals surface area contributed by atoms with E-state index in [2.05, 4.69) is 34.7 Å². The summed E-state index contributed by atoms with van der Waals surface area (Å²) in [6.07, 6.45) is 0. The van der Waals surface area contributed by atoms with E-state index < -0.39 is 0 Å². The van der Waals surface area contributed by atoms with Gasteiger partial charge in [0.15, 0.2) is 6.79 Å². The van der Waals surface area contributed by atoms with Gasteiger partial charge in [0.05, 0.1) is 0 Å². The first-order valence-electron chi connectivity index (χ1n) is 4.03. The largest absolute Gasteiger partial charge is 0.467 e. The van der Waals surface area contributed by atoms with Crippen LogP contribution in [0.25, 0.3) is 0 Å². The first-order valence-corrected chi connectivity index (χ1v) is 5.11. The minimum atomic E-state index is 0.308. The van der Waals surface area contributed by atoms with E-state index in [1.807, 2.05) is 13.8 Å². The zero-order chi connectivity index (χ0) is 9.84. The van der Waals surface area contributed by atoms with Gasteiger partial charge in [0.2, 0.25) is 0 Å². The van der Waals surface area contributed by atoms with Gasteiger partial charge < -0.3 is 9.47 Å². The summed E-state index contributed by atoms with van der Waals surface area (Å²) in [6.45, 7) is 4.39. The molecule has 0 aliphatic carbocycles. The van der Waals surface area contributed by atoms with Gasteiger partial charge in [-0.25, -0.2) is 0 Å². The Labute approximate surface area is 92.4 Å². The van der Waals surface area contributed by atoms with Gasteiger partial charge in [0, 0.05) is 10.7 Å². The lowest BCUT2D eigenvalue weighted by Crippen LogP contribution is -2.02. The fourth-order valence-corrected chi connectivity index (χ4v) is 2.18. The monoisotopic (exact) mass is 292 g/mol. The predicted octanol–water partition coefficient (Wildman–Crippen LogP) is 2.89. The highest BCUT2D eigenvalue weighted by atomic mass is 127. The van der Waals surface area contributed by atoms with E-state index in [9.17, 15) is 0 Å². The third-order valence-electron chi connectivity index (χ3n) is 1.75. The standard InChI is InChI=1S/C10H13IO2/c1-7-4-9(11)5-8(2)10(7)13-6-12-3/h4-5H,6H2,1-3H3. The van der Waals surface area contributed by atoms with Gasteiger partial charge in [-0.3, -0.25) is 0 Å². The van der Waals surface area contributed by atoms with Gasteiger partial charge >= 0.3 is 0 Å². The van der Waals surface area contributed by atoms with Crippen molar-refractivity contribution >= 4 is 22.6 Å². The van der Waals surface area contributed by atoms with Crippen LogP contribution in [0.5, 0.6) is 5.75 Å². The summed E-state index contributed by atoms with van der Waals surface area (Å²) in [5.74, 6) is 0.933. The molecule has 1 rings (SSSR count). The maximum atomic E-state index is 5.45. The normalized spacial score (nSPS) is 10.2. The van der Waals surface area contributed by atoms with Crippen molar-refractivity contribution < 1.29 is 9.47 Å². The van der Waals surface area contributed by atoms with Crippen molar-refractivity contribution in [2.24, 2.45) is 0 Å². The van der Waals surface area contributed by atoms with Gasteiger partial charge in [-0.2, -0.15) is 0 Å². The summed E-state index contributed by atoms with van der Waals surface area (Å²) < 4.78 is 11.5. The molecule has 13 heavy (non-hydrogen) atoms. The fraction of sp³-hybridized carbons (Fsp3) is 0.400. The molecule has 0 radical (unpaired) electrons. The molecule has 1 aromatic rings. The Hall–Kier alpha value is -0.290. The number of rotatable bonds is 3. The average Bonchev–Trinajstić information content (AvgIpc) is 2.02. The zero-order valence-electron chi connectivity index (χ0n) is 8.06. The topological polar surface area (TPSA) is 18.5 Å². The molecule has 0 aliphatic rings. The molecule has 0 aliphatic heterocycles. The number of benzene rings is 1. The SMILES string of the molecule is COCOc1c(C)cc(I)cc1C. The summed E-state index contributed by atoms with van der Waals surface area (Å²) in [5, 5.41) is 0. The van der Waals surface area contributed by atoms with Crippen molar-refractivity contribution in [3.8, 4) is 5.75 Å². The maximum Gasteiger partial charge on any atom is 0.188 e. The van der Waals surface area contributed by atoms with Crippen LogP contribution >= 0.6 is 22.6 Å². The zero-order valence-corrected chi connectivity index (χ0v) is 10.2. The Morgan fingerprint density at radius 2 is 1.77 bits per heavy atom. The molecular formula is C10H13IO2. The lowest BCUT2D eigenvalue weighted by Gasteiger charge is -2.11. The van der Waals surface area contributed by atoms with Crippen LogP contribution in [0.15, 0.2) is 12.1 Å². The number of aryl methyl sites for hydroxylation is 2. The lowest BCUT2D eigenvalue weighted by molar-refractivity contribution is 0.0501. The smallest absolute Gasteiger partial charge is 0.188 e. The summed E-state index contributed by atoms with van der Waals surface area (Å²) in [5.41, 5.74) is 2.31. The van der Waals surface area contributed by atoms with Crippen LogP contribution in [0.1, 0.15) is 11.1 Å². The first-order chi connectivity index (χ1) is 6.15. The molecule has 2 nitrogen and oxygen atoms in total. The fourth-order valence-electron chi connectivity index (χ4n) is 1.24. The van der Waals surface area contributed by atoms with Gasteiger partial charge in [-0.05, 0) is 59.7 Å². The molecule has 0 N–H and O–H groups in total. The molecule has 0 heterocycles. The predicted molar refractivity (Wildman–Crippen MR) is 61.1 cm³/mol. The van der Waals surface area contributed by atoms with Crippen molar-refractivity contribution in [2.45, 2.75) is 13.8 Å². The number of methoxy groups -OCH3 is 1. The third-order valence-corrected chi connectivity index (χ3v) is 2.37. The second-order valence-corrected chi connectivity index (χ2v) is 4.17. The molecule has 72 valence electrons. The number of ether oxygens (including phenoxy) is 2. The third kappa shape index (κ3) is 2.84. The second-order valence-electron chi connectivity index (χ2n) is 2.92. The van der Waals surface area contributed by atoms with Gasteiger partial charge in [0.25, 0.3) is 0 Å². The Kier molecular flexibility index (Phi) is 3.99. The van der Waals surface area contributed by atoms with E-state index in [0.29, 0.717) is 6.79 Å². The van der Waals surface area contributed by atoms with Crippen LogP contribution in [0, 0.1) is 17.4 Å². The molecule has 0 bridgehead atoms. The maximum absolute atomic E-state index is 5.45. The Balaban J connectivity index is 2.92. The minimum Gasteiger partial charge on any atom is -0.467 e. The van der Waals surface area contributed by atoms with Crippen LogP contribution in [0.4, 0.5) is 0 Å². The van der Waals surface area contributed by atoms with E-state index in [-0.39, 0.29) is 0 Å². The highest BCUT2D eigenvalue weighted by Crippen LogP contribution is 2.25. The average molecular weight is 292 g/mol. The van der Waals surface area contributed by atoms with E-state index in [1.54, 1.807) is 7.11 Å². The number of halogens is 1. The number of hydrogen-bond acceptors (Lipinski definition) is 2. The van der Waals surface area contributed by atoms with Crippen molar-refractivity contribution in [3.63, 3.8) is 0 Å². The summed E-state index contributed by atoms with van der Waals surface area (Å²) in [4.78, 5) is 0. The molecule has 0 fully saturated rings. The van der Waals surface area contributed by atoms with E-state index in [4.69, 9.17) is 9.47 Å². The molecule has 0 unspecified atom stereocenters. The van der Waals surface area contributed by atoms with Crippen molar-refractivity contribution in [2.75, 3.05) is 13.9 Å². The molecule has 0 aromatic heterocycles. The highest BCUT2D eigenvalue weighted by molar-refractivity contribution is 14.1. The van der Waals surface area contributed by atoms with Crippen molar-refractivity contribution in [1.29, 1.82) is 0 Å². The lowest BCUT2D eigenvalue weighted by atomic mass is 10.1. The summed E-state index contributed by atoms with van der Waals surface area (Å²) in [6, 6.07) is 4.19. The molecule has 0 atom stereocenters. The molecule has 0 spiro atoms. The van der Waals surface area contributed by atoms with Crippen LogP contribution in [-0.2, 0) is 4.74 Å². The van der Waals surface area contributed by atoms with E-state index in [0.717, 1.165) is 16.9 Å². The Morgan fingerprint density at radius 3 is 2.23 bits per heavy atom. The molecule has 3 heteroatoms. The van der Waals surface area contributed by atoms with Crippen LogP contribution in [0.3, 0.4) is 0 Å². The number of hydrogen-bond donors (Lipinski definition) is 0. The molecule has 0 saturated carbocycles. The van der Waals surface area contributed by atoms with E-state index >= 15 is 0 Å². The molecule has 0 saturated heterocycles. The van der Waals surface area contributed by atoms with Gasteiger partial charge in [0.1, 0.15) is 5.75 Å². The summed E-state index contributed by atoms with van der Waals surface area (Å²) >= 11 is 2.30. The van der Waals surface area contributed by atoms with Gasteiger partial charge in [-0.15, -0.1) is 0 Å². The highest BCUT2D eigenvalue weighted by Gasteiger charge is 2.04. The Morgan fingerprint density at radius 1 is 1.23 bits per heavy atom.